The highest BCUT2D eigenvalue weighted by Crippen LogP contribution is 2.21. The Hall–Kier alpha value is -2.44. The molecule has 1 saturated heterocycles. The molecule has 0 bridgehead atoms. The van der Waals surface area contributed by atoms with Crippen molar-refractivity contribution in [2.45, 2.75) is 19.1 Å². The first-order valence-electron chi connectivity index (χ1n) is 7.72. The van der Waals surface area contributed by atoms with E-state index in [9.17, 15) is 4.79 Å². The third-order valence-electron chi connectivity index (χ3n) is 4.26. The van der Waals surface area contributed by atoms with E-state index in [4.69, 9.17) is 4.74 Å². The van der Waals surface area contributed by atoms with Crippen LogP contribution in [0.2, 0.25) is 0 Å². The number of H-pyrrole nitrogens is 1. The number of fused-ring (bicyclic) bond motifs is 1. The van der Waals surface area contributed by atoms with Gasteiger partial charge in [0.15, 0.2) is 5.65 Å². The lowest BCUT2D eigenvalue weighted by Gasteiger charge is -2.28. The molecule has 0 aliphatic carbocycles. The van der Waals surface area contributed by atoms with Gasteiger partial charge in [-0.05, 0) is 30.7 Å². The quantitative estimate of drug-likeness (QED) is 0.756. The lowest BCUT2D eigenvalue weighted by atomic mass is 10.1. The van der Waals surface area contributed by atoms with E-state index in [1.807, 2.05) is 22.9 Å². The Kier molecular flexibility index (Phi) is 3.48. The van der Waals surface area contributed by atoms with E-state index in [1.54, 1.807) is 6.07 Å². The fraction of sp³-hybridized carbons (Fsp3) is 0.294. The van der Waals surface area contributed by atoms with Gasteiger partial charge in [-0.3, -0.25) is 4.79 Å². The van der Waals surface area contributed by atoms with Gasteiger partial charge in [-0.1, -0.05) is 12.1 Å². The first-order chi connectivity index (χ1) is 11.2. The molecule has 4 rings (SSSR count). The molecule has 1 fully saturated rings. The molecule has 2 N–H and O–H groups in total. The first kappa shape index (κ1) is 14.2. The largest absolute Gasteiger partial charge is 0.375 e. The van der Waals surface area contributed by atoms with Gasteiger partial charge < -0.3 is 19.6 Å². The predicted octanol–water partition coefficient (Wildman–Crippen LogP) is 1.76. The van der Waals surface area contributed by atoms with Crippen molar-refractivity contribution >= 4 is 11.0 Å². The Balaban J connectivity index is 1.65. The minimum absolute atomic E-state index is 0.122. The summed E-state index contributed by atoms with van der Waals surface area (Å²) in [6, 6.07) is 10.3. The Labute approximate surface area is 133 Å². The SMILES string of the molecule is C[C@H]1CN[C@H](c2ccc(-n3ccc4c(=O)[nH]cnc43)cc2)CO1. The molecule has 0 amide bonds. The average molecular weight is 310 g/mol. The number of hydrogen-bond donors (Lipinski definition) is 2. The van der Waals surface area contributed by atoms with Crippen molar-refractivity contribution in [1.82, 2.24) is 19.9 Å². The number of aromatic nitrogens is 3. The molecule has 118 valence electrons. The molecule has 0 saturated carbocycles. The Morgan fingerprint density at radius 3 is 2.83 bits per heavy atom. The van der Waals surface area contributed by atoms with Crippen LogP contribution in [0.15, 0.2) is 47.7 Å². The second-order valence-corrected chi connectivity index (χ2v) is 5.85. The van der Waals surface area contributed by atoms with E-state index in [2.05, 4.69) is 34.3 Å². The van der Waals surface area contributed by atoms with Crippen LogP contribution in [-0.2, 0) is 4.74 Å². The zero-order chi connectivity index (χ0) is 15.8. The van der Waals surface area contributed by atoms with E-state index in [0.717, 1.165) is 12.2 Å². The highest BCUT2D eigenvalue weighted by molar-refractivity contribution is 5.76. The van der Waals surface area contributed by atoms with Crippen molar-refractivity contribution in [3.63, 3.8) is 0 Å². The predicted molar refractivity (Wildman–Crippen MR) is 87.8 cm³/mol. The zero-order valence-electron chi connectivity index (χ0n) is 12.8. The molecule has 0 spiro atoms. The number of ether oxygens (including phenoxy) is 1. The van der Waals surface area contributed by atoms with Crippen molar-refractivity contribution in [2.75, 3.05) is 13.2 Å². The van der Waals surface area contributed by atoms with Crippen molar-refractivity contribution in [2.24, 2.45) is 0 Å². The molecule has 23 heavy (non-hydrogen) atoms. The minimum atomic E-state index is -0.122. The van der Waals surface area contributed by atoms with Crippen LogP contribution in [0.1, 0.15) is 18.5 Å². The molecule has 3 aromatic rings. The van der Waals surface area contributed by atoms with E-state index >= 15 is 0 Å². The standard InChI is InChI=1S/C17H18N4O2/c1-11-8-18-15(9-23-11)12-2-4-13(5-3-12)21-7-6-14-16(21)19-10-20-17(14)22/h2-7,10-11,15,18H,8-9H2,1H3,(H,19,20,22)/t11-,15-/m0/s1. The smallest absolute Gasteiger partial charge is 0.260 e. The van der Waals surface area contributed by atoms with Crippen LogP contribution < -0.4 is 10.9 Å². The zero-order valence-corrected chi connectivity index (χ0v) is 12.8. The summed E-state index contributed by atoms with van der Waals surface area (Å²) in [4.78, 5) is 18.6. The van der Waals surface area contributed by atoms with Crippen LogP contribution in [0, 0.1) is 0 Å². The molecule has 1 aliphatic rings. The maximum atomic E-state index is 11.8. The lowest BCUT2D eigenvalue weighted by molar-refractivity contribution is 0.0149. The lowest BCUT2D eigenvalue weighted by Crippen LogP contribution is -2.39. The Morgan fingerprint density at radius 1 is 1.26 bits per heavy atom. The number of benzene rings is 1. The summed E-state index contributed by atoms with van der Waals surface area (Å²) >= 11 is 0. The monoisotopic (exact) mass is 310 g/mol. The van der Waals surface area contributed by atoms with Gasteiger partial charge in [0.2, 0.25) is 0 Å². The number of nitrogens with one attached hydrogen (secondary N) is 2. The number of rotatable bonds is 2. The molecule has 1 aromatic carbocycles. The van der Waals surface area contributed by atoms with Crippen LogP contribution in [0.5, 0.6) is 0 Å². The maximum Gasteiger partial charge on any atom is 0.260 e. The molecule has 2 aromatic heterocycles. The van der Waals surface area contributed by atoms with Crippen molar-refractivity contribution < 1.29 is 4.74 Å². The first-order valence-corrected chi connectivity index (χ1v) is 7.72. The van der Waals surface area contributed by atoms with Gasteiger partial charge in [-0.25, -0.2) is 4.98 Å². The van der Waals surface area contributed by atoms with Gasteiger partial charge in [-0.2, -0.15) is 0 Å². The molecule has 2 atom stereocenters. The molecule has 6 heteroatoms. The highest BCUT2D eigenvalue weighted by atomic mass is 16.5. The molecule has 3 heterocycles. The molecular weight excluding hydrogens is 292 g/mol. The number of morpholine rings is 1. The second-order valence-electron chi connectivity index (χ2n) is 5.85. The van der Waals surface area contributed by atoms with Gasteiger partial charge >= 0.3 is 0 Å². The highest BCUT2D eigenvalue weighted by Gasteiger charge is 2.19. The summed E-state index contributed by atoms with van der Waals surface area (Å²) in [6.07, 6.45) is 3.56. The third kappa shape index (κ3) is 2.56. The molecule has 0 unspecified atom stereocenters. The minimum Gasteiger partial charge on any atom is -0.375 e. The van der Waals surface area contributed by atoms with Crippen molar-refractivity contribution in [3.05, 3.63) is 58.8 Å². The Bertz CT molecular complexity index is 873. The number of hydrogen-bond acceptors (Lipinski definition) is 4. The van der Waals surface area contributed by atoms with Crippen molar-refractivity contribution in [3.8, 4) is 5.69 Å². The fourth-order valence-electron chi connectivity index (χ4n) is 2.94. The van der Waals surface area contributed by atoms with E-state index in [0.29, 0.717) is 17.6 Å². The number of aromatic amines is 1. The summed E-state index contributed by atoms with van der Waals surface area (Å²) in [5.41, 5.74) is 2.72. The van der Waals surface area contributed by atoms with Crippen LogP contribution in [0.3, 0.4) is 0 Å². The summed E-state index contributed by atoms with van der Waals surface area (Å²) in [6.45, 7) is 3.61. The summed E-state index contributed by atoms with van der Waals surface area (Å²) in [7, 11) is 0. The molecule has 6 nitrogen and oxygen atoms in total. The fourth-order valence-corrected chi connectivity index (χ4v) is 2.94. The summed E-state index contributed by atoms with van der Waals surface area (Å²) < 4.78 is 7.62. The number of nitrogens with zero attached hydrogens (tertiary/aromatic N) is 2. The second kappa shape index (κ2) is 5.64. The molecule has 1 aliphatic heterocycles. The van der Waals surface area contributed by atoms with Crippen LogP contribution in [0.4, 0.5) is 0 Å². The van der Waals surface area contributed by atoms with E-state index in [1.165, 1.54) is 11.9 Å². The van der Waals surface area contributed by atoms with Gasteiger partial charge in [-0.15, -0.1) is 0 Å². The molecular formula is C17H18N4O2. The van der Waals surface area contributed by atoms with E-state index < -0.39 is 0 Å². The van der Waals surface area contributed by atoms with Gasteiger partial charge in [0.1, 0.15) is 0 Å². The maximum absolute atomic E-state index is 11.8. The summed E-state index contributed by atoms with van der Waals surface area (Å²) in [5.74, 6) is 0. The van der Waals surface area contributed by atoms with Crippen LogP contribution in [-0.4, -0.2) is 33.8 Å². The topological polar surface area (TPSA) is 71.9 Å². The van der Waals surface area contributed by atoms with Crippen molar-refractivity contribution in [1.29, 1.82) is 0 Å². The van der Waals surface area contributed by atoms with Gasteiger partial charge in [0.25, 0.3) is 5.56 Å². The summed E-state index contributed by atoms with van der Waals surface area (Å²) in [5, 5.41) is 4.08. The van der Waals surface area contributed by atoms with Crippen LogP contribution in [0.25, 0.3) is 16.7 Å². The van der Waals surface area contributed by atoms with E-state index in [-0.39, 0.29) is 17.7 Å². The molecule has 0 radical (unpaired) electrons. The average Bonchev–Trinajstić information content (AvgIpc) is 3.01. The van der Waals surface area contributed by atoms with Gasteiger partial charge in [0.05, 0.1) is 30.5 Å². The third-order valence-corrected chi connectivity index (χ3v) is 4.26. The normalized spacial score (nSPS) is 21.6. The van der Waals surface area contributed by atoms with Crippen LogP contribution >= 0.6 is 0 Å². The van der Waals surface area contributed by atoms with Gasteiger partial charge in [0, 0.05) is 18.4 Å². The Morgan fingerprint density at radius 2 is 2.09 bits per heavy atom.